The van der Waals surface area contributed by atoms with Crippen LogP contribution >= 0.6 is 0 Å². The highest BCUT2D eigenvalue weighted by atomic mass is 19.1. The van der Waals surface area contributed by atoms with E-state index in [4.69, 9.17) is 10.3 Å². The highest BCUT2D eigenvalue weighted by Crippen LogP contribution is 2.54. The summed E-state index contributed by atoms with van der Waals surface area (Å²) in [5.41, 5.74) is 4.98. The summed E-state index contributed by atoms with van der Waals surface area (Å²) in [6.07, 6.45) is 1.01. The van der Waals surface area contributed by atoms with Gasteiger partial charge in [0.25, 0.3) is 5.89 Å². The highest BCUT2D eigenvalue weighted by Gasteiger charge is 2.53. The van der Waals surface area contributed by atoms with Gasteiger partial charge in [0.15, 0.2) is 5.82 Å². The molecule has 0 saturated heterocycles. The molecule has 2 aromatic carbocycles. The van der Waals surface area contributed by atoms with Crippen LogP contribution in [-0.2, 0) is 5.41 Å². The third kappa shape index (κ3) is 2.24. The zero-order valence-electron chi connectivity index (χ0n) is 12.4. The molecule has 1 aliphatic carbocycles. The predicted molar refractivity (Wildman–Crippen MR) is 80.5 cm³/mol. The van der Waals surface area contributed by atoms with Crippen molar-refractivity contribution in [3.8, 4) is 11.5 Å². The van der Waals surface area contributed by atoms with Crippen molar-refractivity contribution in [2.75, 3.05) is 5.73 Å². The van der Waals surface area contributed by atoms with E-state index in [2.05, 4.69) is 10.1 Å². The van der Waals surface area contributed by atoms with Crippen LogP contribution in [0.25, 0.3) is 11.5 Å². The molecule has 4 nitrogen and oxygen atoms in total. The number of hydrogen-bond acceptors (Lipinski definition) is 4. The minimum Gasteiger partial charge on any atom is -0.399 e. The van der Waals surface area contributed by atoms with Gasteiger partial charge in [-0.3, -0.25) is 0 Å². The summed E-state index contributed by atoms with van der Waals surface area (Å²) in [5.74, 6) is -1.45. The van der Waals surface area contributed by atoms with Gasteiger partial charge in [0.05, 0.1) is 5.41 Å². The molecule has 0 bridgehead atoms. The molecule has 4 rings (SSSR count). The Labute approximate surface area is 135 Å². The molecule has 0 unspecified atom stereocenters. The van der Waals surface area contributed by atoms with Gasteiger partial charge in [-0.15, -0.1) is 0 Å². The average Bonchev–Trinajstić information content (AvgIpc) is 3.15. The van der Waals surface area contributed by atoms with Gasteiger partial charge >= 0.3 is 0 Å². The number of halogens is 3. The van der Waals surface area contributed by atoms with Gasteiger partial charge in [-0.05, 0) is 49.2 Å². The molecular formula is C17H12F3N3O. The third-order valence-corrected chi connectivity index (χ3v) is 4.24. The lowest BCUT2D eigenvalue weighted by atomic mass is 9.93. The number of nitrogen functional groups attached to an aromatic ring is 1. The fraction of sp³-hybridized carbons (Fsp3) is 0.176. The van der Waals surface area contributed by atoms with Crippen LogP contribution in [0.2, 0.25) is 0 Å². The topological polar surface area (TPSA) is 64.9 Å². The van der Waals surface area contributed by atoms with Crippen LogP contribution in [0, 0.1) is 17.5 Å². The Morgan fingerprint density at radius 2 is 1.62 bits per heavy atom. The maximum atomic E-state index is 14.3. The Morgan fingerprint density at radius 3 is 2.21 bits per heavy atom. The van der Waals surface area contributed by atoms with Gasteiger partial charge in [0.1, 0.15) is 17.5 Å². The summed E-state index contributed by atoms with van der Waals surface area (Å²) in [6, 6.07) is 7.70. The molecule has 0 amide bonds. The normalized spacial score (nSPS) is 15.5. The molecule has 1 saturated carbocycles. The van der Waals surface area contributed by atoms with E-state index in [9.17, 15) is 13.2 Å². The van der Waals surface area contributed by atoms with Crippen molar-refractivity contribution in [2.24, 2.45) is 0 Å². The molecule has 1 heterocycles. The second-order valence-corrected chi connectivity index (χ2v) is 5.87. The van der Waals surface area contributed by atoms with E-state index in [0.29, 0.717) is 18.4 Å². The molecule has 1 aromatic heterocycles. The van der Waals surface area contributed by atoms with Gasteiger partial charge in [-0.2, -0.15) is 4.98 Å². The first-order valence-electron chi connectivity index (χ1n) is 7.35. The Hall–Kier alpha value is -2.83. The molecule has 0 atom stereocenters. The van der Waals surface area contributed by atoms with Crippen molar-refractivity contribution >= 4 is 5.69 Å². The number of anilines is 1. The summed E-state index contributed by atoms with van der Waals surface area (Å²) in [5, 5.41) is 3.89. The van der Waals surface area contributed by atoms with Crippen molar-refractivity contribution in [1.29, 1.82) is 0 Å². The first-order chi connectivity index (χ1) is 11.5. The van der Waals surface area contributed by atoms with Crippen molar-refractivity contribution < 1.29 is 17.7 Å². The molecule has 7 heteroatoms. The first-order valence-corrected chi connectivity index (χ1v) is 7.35. The highest BCUT2D eigenvalue weighted by molar-refractivity contribution is 5.54. The predicted octanol–water partition coefficient (Wildman–Crippen LogP) is 3.82. The molecule has 1 fully saturated rings. The largest absolute Gasteiger partial charge is 0.399 e. The lowest BCUT2D eigenvalue weighted by molar-refractivity contribution is 0.415. The van der Waals surface area contributed by atoms with Crippen LogP contribution in [0.3, 0.4) is 0 Å². The Kier molecular flexibility index (Phi) is 3.13. The Morgan fingerprint density at radius 1 is 1.00 bits per heavy atom. The van der Waals surface area contributed by atoms with Crippen molar-refractivity contribution in [3.05, 3.63) is 65.2 Å². The number of aromatic nitrogens is 2. The van der Waals surface area contributed by atoms with Gasteiger partial charge in [-0.1, -0.05) is 5.16 Å². The minimum absolute atomic E-state index is 0.0182. The molecule has 1 aliphatic rings. The zero-order valence-corrected chi connectivity index (χ0v) is 12.4. The summed E-state index contributed by atoms with van der Waals surface area (Å²) in [6.45, 7) is 0. The average molecular weight is 331 g/mol. The van der Waals surface area contributed by atoms with E-state index >= 15 is 0 Å². The zero-order chi connectivity index (χ0) is 16.9. The maximum Gasteiger partial charge on any atom is 0.257 e. The molecule has 122 valence electrons. The van der Waals surface area contributed by atoms with Gasteiger partial charge < -0.3 is 10.3 Å². The van der Waals surface area contributed by atoms with Gasteiger partial charge in [0.2, 0.25) is 0 Å². The molecule has 0 radical (unpaired) electrons. The van der Waals surface area contributed by atoms with Crippen LogP contribution in [0.1, 0.15) is 24.2 Å². The second-order valence-electron chi connectivity index (χ2n) is 5.87. The van der Waals surface area contributed by atoms with Crippen LogP contribution in [0.15, 0.2) is 40.9 Å². The Bertz CT molecular complexity index is 894. The molecule has 24 heavy (non-hydrogen) atoms. The van der Waals surface area contributed by atoms with E-state index in [1.165, 1.54) is 24.3 Å². The summed E-state index contributed by atoms with van der Waals surface area (Å²) < 4.78 is 46.7. The van der Waals surface area contributed by atoms with Crippen LogP contribution in [-0.4, -0.2) is 10.1 Å². The van der Waals surface area contributed by atoms with E-state index in [0.717, 1.165) is 12.1 Å². The minimum atomic E-state index is -0.941. The maximum absolute atomic E-state index is 14.3. The van der Waals surface area contributed by atoms with Gasteiger partial charge in [-0.25, -0.2) is 13.2 Å². The molecule has 2 N–H and O–H groups in total. The van der Waals surface area contributed by atoms with Gasteiger partial charge in [0, 0.05) is 16.8 Å². The first kappa shape index (κ1) is 14.7. The summed E-state index contributed by atoms with van der Waals surface area (Å²) in [7, 11) is 0. The van der Waals surface area contributed by atoms with E-state index in [-0.39, 0.29) is 28.8 Å². The molecule has 0 aliphatic heterocycles. The summed E-state index contributed by atoms with van der Waals surface area (Å²) in [4.78, 5) is 4.26. The van der Waals surface area contributed by atoms with Crippen LogP contribution in [0.4, 0.5) is 18.9 Å². The number of hydrogen-bond donors (Lipinski definition) is 1. The SMILES string of the molecule is Nc1cc(F)c(C2(c3noc(-c4ccc(F)cc4)n3)CC2)c(F)c1. The number of nitrogens with two attached hydrogens (primary N) is 1. The fourth-order valence-corrected chi connectivity index (χ4v) is 2.89. The van der Waals surface area contributed by atoms with Crippen molar-refractivity contribution in [2.45, 2.75) is 18.3 Å². The quantitative estimate of drug-likeness (QED) is 0.741. The lowest BCUT2D eigenvalue weighted by Crippen LogP contribution is -2.16. The third-order valence-electron chi connectivity index (χ3n) is 4.24. The number of rotatable bonds is 3. The molecule has 3 aromatic rings. The smallest absolute Gasteiger partial charge is 0.257 e. The number of benzene rings is 2. The van der Waals surface area contributed by atoms with Crippen LogP contribution in [0.5, 0.6) is 0 Å². The number of nitrogens with zero attached hydrogens (tertiary/aromatic N) is 2. The van der Waals surface area contributed by atoms with E-state index < -0.39 is 17.0 Å². The van der Waals surface area contributed by atoms with Crippen molar-refractivity contribution in [1.82, 2.24) is 10.1 Å². The Balaban J connectivity index is 1.76. The second kappa shape index (κ2) is 5.09. The van der Waals surface area contributed by atoms with Crippen LogP contribution < -0.4 is 5.73 Å². The lowest BCUT2D eigenvalue weighted by Gasteiger charge is -2.13. The monoisotopic (exact) mass is 331 g/mol. The molecule has 0 spiro atoms. The fourth-order valence-electron chi connectivity index (χ4n) is 2.89. The summed E-state index contributed by atoms with van der Waals surface area (Å²) >= 11 is 0. The van der Waals surface area contributed by atoms with Crippen molar-refractivity contribution in [3.63, 3.8) is 0 Å². The van der Waals surface area contributed by atoms with E-state index in [1.807, 2.05) is 0 Å². The van der Waals surface area contributed by atoms with E-state index in [1.54, 1.807) is 0 Å². The standard InChI is InChI=1S/C17H12F3N3O/c18-10-3-1-9(2-4-10)15-22-16(23-24-15)17(5-6-17)14-12(19)7-11(21)8-13(14)20/h1-4,7-8H,5-6,21H2. The molecular weight excluding hydrogens is 319 g/mol.